The second-order valence-corrected chi connectivity index (χ2v) is 5.11. The van der Waals surface area contributed by atoms with Gasteiger partial charge in [-0.3, -0.25) is 4.79 Å². The fourth-order valence-corrected chi connectivity index (χ4v) is 2.14. The van der Waals surface area contributed by atoms with Crippen LogP contribution in [-0.4, -0.2) is 30.1 Å². The topological polar surface area (TPSA) is 99.4 Å². The maximum Gasteiger partial charge on any atom is 0.328 e. The van der Waals surface area contributed by atoms with Gasteiger partial charge >= 0.3 is 5.97 Å². The van der Waals surface area contributed by atoms with Crippen LogP contribution in [0.5, 0.6) is 5.75 Å². The van der Waals surface area contributed by atoms with Crippen molar-refractivity contribution >= 4 is 11.9 Å². The number of rotatable bonds is 5. The number of nitrogens with zero attached hydrogens (tertiary/aromatic N) is 1. The van der Waals surface area contributed by atoms with E-state index in [2.05, 4.69) is 5.32 Å². The molecule has 0 radical (unpaired) electrons. The zero-order valence-corrected chi connectivity index (χ0v) is 13.0. The summed E-state index contributed by atoms with van der Waals surface area (Å²) >= 11 is 0. The molecule has 0 unspecified atom stereocenters. The fraction of sp³-hybridized carbons (Fsp3) is 0.167. The first-order chi connectivity index (χ1) is 11.5. The van der Waals surface area contributed by atoms with E-state index in [1.54, 1.807) is 12.1 Å². The van der Waals surface area contributed by atoms with Crippen LogP contribution in [0.1, 0.15) is 21.5 Å². The minimum Gasteiger partial charge on any atom is -0.508 e. The molecule has 0 aliphatic rings. The van der Waals surface area contributed by atoms with Crippen molar-refractivity contribution in [1.29, 1.82) is 5.26 Å². The van der Waals surface area contributed by atoms with Gasteiger partial charge in [0, 0.05) is 12.0 Å². The molecule has 122 valence electrons. The Kier molecular flexibility index (Phi) is 5.53. The highest BCUT2D eigenvalue weighted by Gasteiger charge is 2.22. The molecule has 0 aliphatic heterocycles. The second-order valence-electron chi connectivity index (χ2n) is 5.11. The first-order valence-electron chi connectivity index (χ1n) is 7.20. The fourth-order valence-electron chi connectivity index (χ4n) is 2.14. The molecule has 0 saturated carbocycles. The summed E-state index contributed by atoms with van der Waals surface area (Å²) in [4.78, 5) is 24.2. The lowest BCUT2D eigenvalue weighted by Crippen LogP contribution is -2.43. The summed E-state index contributed by atoms with van der Waals surface area (Å²) in [6.45, 7) is 0. The van der Waals surface area contributed by atoms with Crippen molar-refractivity contribution in [2.75, 3.05) is 7.11 Å². The zero-order chi connectivity index (χ0) is 17.5. The molecule has 0 fully saturated rings. The summed E-state index contributed by atoms with van der Waals surface area (Å²) in [6.07, 6.45) is 0.231. The summed E-state index contributed by atoms with van der Waals surface area (Å²) in [5.41, 5.74) is 1.55. The van der Waals surface area contributed by atoms with Gasteiger partial charge in [-0.2, -0.15) is 5.26 Å². The molecule has 0 bridgehead atoms. The molecular weight excluding hydrogens is 308 g/mol. The van der Waals surface area contributed by atoms with Crippen molar-refractivity contribution in [3.63, 3.8) is 0 Å². The van der Waals surface area contributed by atoms with Crippen molar-refractivity contribution in [2.24, 2.45) is 0 Å². The van der Waals surface area contributed by atoms with E-state index in [-0.39, 0.29) is 12.2 Å². The van der Waals surface area contributed by atoms with Gasteiger partial charge < -0.3 is 15.2 Å². The van der Waals surface area contributed by atoms with E-state index in [4.69, 9.17) is 10.00 Å². The highest BCUT2D eigenvalue weighted by Crippen LogP contribution is 2.12. The van der Waals surface area contributed by atoms with Crippen LogP contribution in [0.2, 0.25) is 0 Å². The lowest BCUT2D eigenvalue weighted by Gasteiger charge is -2.16. The number of ether oxygens (including phenoxy) is 1. The number of phenols is 1. The summed E-state index contributed by atoms with van der Waals surface area (Å²) in [6, 6.07) is 13.6. The third-order valence-corrected chi connectivity index (χ3v) is 3.44. The van der Waals surface area contributed by atoms with Crippen molar-refractivity contribution in [1.82, 2.24) is 5.32 Å². The third-order valence-electron chi connectivity index (χ3n) is 3.44. The van der Waals surface area contributed by atoms with Crippen molar-refractivity contribution in [3.8, 4) is 11.8 Å². The number of esters is 1. The molecule has 1 atom stereocenters. The van der Waals surface area contributed by atoms with Crippen LogP contribution >= 0.6 is 0 Å². The van der Waals surface area contributed by atoms with E-state index >= 15 is 0 Å². The SMILES string of the molecule is COC(=O)[C@@H](Cc1ccc(O)cc1)NC(=O)c1ccc(C#N)cc1. The van der Waals surface area contributed by atoms with Gasteiger partial charge in [0.2, 0.25) is 0 Å². The Morgan fingerprint density at radius 2 is 1.79 bits per heavy atom. The lowest BCUT2D eigenvalue weighted by molar-refractivity contribution is -0.142. The molecule has 6 heteroatoms. The molecule has 24 heavy (non-hydrogen) atoms. The highest BCUT2D eigenvalue weighted by molar-refractivity contribution is 5.96. The van der Waals surface area contributed by atoms with Crippen LogP contribution in [0.4, 0.5) is 0 Å². The van der Waals surface area contributed by atoms with Crippen molar-refractivity contribution in [3.05, 3.63) is 65.2 Å². The molecule has 0 aromatic heterocycles. The van der Waals surface area contributed by atoms with Crippen molar-refractivity contribution < 1.29 is 19.4 Å². The van der Waals surface area contributed by atoms with Crippen LogP contribution in [-0.2, 0) is 16.0 Å². The Balaban J connectivity index is 2.12. The van der Waals surface area contributed by atoms with Gasteiger partial charge in [0.15, 0.2) is 0 Å². The van der Waals surface area contributed by atoms with E-state index < -0.39 is 17.9 Å². The second kappa shape index (κ2) is 7.79. The van der Waals surface area contributed by atoms with Crippen LogP contribution in [0, 0.1) is 11.3 Å². The van der Waals surface area contributed by atoms with E-state index in [1.807, 2.05) is 6.07 Å². The number of carbonyl (C=O) groups is 2. The Labute approximate surface area is 139 Å². The molecule has 0 saturated heterocycles. The number of carbonyl (C=O) groups excluding carboxylic acids is 2. The third kappa shape index (κ3) is 4.34. The Morgan fingerprint density at radius 3 is 2.33 bits per heavy atom. The number of nitrogens with one attached hydrogen (secondary N) is 1. The molecule has 2 aromatic carbocycles. The van der Waals surface area contributed by atoms with Crippen LogP contribution in [0.25, 0.3) is 0 Å². The Hall–Kier alpha value is -3.33. The van der Waals surface area contributed by atoms with Gasteiger partial charge in [0.25, 0.3) is 5.91 Å². The monoisotopic (exact) mass is 324 g/mol. The number of methoxy groups -OCH3 is 1. The van der Waals surface area contributed by atoms with Gasteiger partial charge in [-0.15, -0.1) is 0 Å². The van der Waals surface area contributed by atoms with E-state index in [0.717, 1.165) is 5.56 Å². The molecule has 6 nitrogen and oxygen atoms in total. The minimum absolute atomic E-state index is 0.120. The van der Waals surface area contributed by atoms with Crippen LogP contribution < -0.4 is 5.32 Å². The maximum absolute atomic E-state index is 12.3. The molecule has 0 aliphatic carbocycles. The van der Waals surface area contributed by atoms with Gasteiger partial charge in [-0.1, -0.05) is 12.1 Å². The van der Waals surface area contributed by atoms with E-state index in [0.29, 0.717) is 11.1 Å². The van der Waals surface area contributed by atoms with Gasteiger partial charge in [0.1, 0.15) is 11.8 Å². The largest absolute Gasteiger partial charge is 0.508 e. The Morgan fingerprint density at radius 1 is 1.17 bits per heavy atom. The van der Waals surface area contributed by atoms with Gasteiger partial charge in [-0.05, 0) is 42.0 Å². The number of amides is 1. The summed E-state index contributed by atoms with van der Waals surface area (Å²) in [7, 11) is 1.25. The first-order valence-corrected chi connectivity index (χ1v) is 7.20. The molecule has 0 spiro atoms. The quantitative estimate of drug-likeness (QED) is 0.817. The number of aromatic hydroxyl groups is 1. The average molecular weight is 324 g/mol. The Bertz CT molecular complexity index is 761. The summed E-state index contributed by atoms with van der Waals surface area (Å²) < 4.78 is 4.74. The maximum atomic E-state index is 12.3. The standard InChI is InChI=1S/C18H16N2O4/c1-24-18(23)16(10-12-4-8-15(21)9-5-12)20-17(22)14-6-2-13(11-19)3-7-14/h2-9,16,21H,10H2,1H3,(H,20,22)/t16-/m1/s1. The minimum atomic E-state index is -0.859. The summed E-state index contributed by atoms with van der Waals surface area (Å²) in [5.74, 6) is -0.881. The molecule has 2 rings (SSSR count). The molecule has 1 amide bonds. The van der Waals surface area contributed by atoms with Crippen LogP contribution in [0.15, 0.2) is 48.5 Å². The number of nitriles is 1. The van der Waals surface area contributed by atoms with E-state index in [9.17, 15) is 14.7 Å². The number of phenolic OH excluding ortho intramolecular Hbond substituents is 1. The van der Waals surface area contributed by atoms with Crippen molar-refractivity contribution in [2.45, 2.75) is 12.5 Å². The molecule has 2 aromatic rings. The van der Waals surface area contributed by atoms with Gasteiger partial charge in [0.05, 0.1) is 18.7 Å². The number of benzene rings is 2. The molecule has 2 N–H and O–H groups in total. The number of hydrogen-bond donors (Lipinski definition) is 2. The van der Waals surface area contributed by atoms with Gasteiger partial charge in [-0.25, -0.2) is 4.79 Å². The predicted octanol–water partition coefficient (Wildman–Crippen LogP) is 1.78. The number of hydrogen-bond acceptors (Lipinski definition) is 5. The average Bonchev–Trinajstić information content (AvgIpc) is 2.62. The predicted molar refractivity (Wildman–Crippen MR) is 86.2 cm³/mol. The first kappa shape index (κ1) is 17.0. The highest BCUT2D eigenvalue weighted by atomic mass is 16.5. The summed E-state index contributed by atoms with van der Waals surface area (Å²) in [5, 5.41) is 20.7. The smallest absolute Gasteiger partial charge is 0.328 e. The molecular formula is C18H16N2O4. The zero-order valence-electron chi connectivity index (χ0n) is 13.0. The normalized spacial score (nSPS) is 11.2. The molecule has 0 heterocycles. The van der Waals surface area contributed by atoms with Crippen LogP contribution in [0.3, 0.4) is 0 Å². The van der Waals surface area contributed by atoms with E-state index in [1.165, 1.54) is 43.5 Å². The lowest BCUT2D eigenvalue weighted by atomic mass is 10.0.